The molecular formula is C19H22FN5O2S2. The third-order valence-corrected chi connectivity index (χ3v) is 6.53. The lowest BCUT2D eigenvalue weighted by molar-refractivity contribution is 0.0217. The zero-order valence-electron chi connectivity index (χ0n) is 16.5. The number of amides is 1. The lowest BCUT2D eigenvalue weighted by Gasteiger charge is -2.27. The van der Waals surface area contributed by atoms with Crippen LogP contribution in [0.25, 0.3) is 4.96 Å². The molecular weight excluding hydrogens is 413 g/mol. The van der Waals surface area contributed by atoms with Crippen LogP contribution in [0.1, 0.15) is 51.0 Å². The van der Waals surface area contributed by atoms with Gasteiger partial charge in [-0.2, -0.15) is 4.52 Å². The first-order chi connectivity index (χ1) is 13.8. The minimum Gasteiger partial charge on any atom is -0.444 e. The Kier molecular flexibility index (Phi) is 5.48. The van der Waals surface area contributed by atoms with E-state index < -0.39 is 5.60 Å². The maximum absolute atomic E-state index is 13.4. The number of thioether (sulfide) groups is 1. The number of benzene rings is 1. The Hall–Kier alpha value is -2.20. The summed E-state index contributed by atoms with van der Waals surface area (Å²) in [7, 11) is 0. The molecule has 1 fully saturated rings. The second kappa shape index (κ2) is 7.91. The first kappa shape index (κ1) is 20.1. The first-order valence-corrected chi connectivity index (χ1v) is 11.2. The SMILES string of the molecule is CC(C)(C)OC(=O)N1CCCC1c1nnc2sc(SCc3cccc(F)c3)nn12. The number of fused-ring (bicyclic) bond motifs is 1. The molecule has 29 heavy (non-hydrogen) atoms. The minimum atomic E-state index is -0.550. The van der Waals surface area contributed by atoms with Crippen LogP contribution in [0.15, 0.2) is 28.6 Å². The van der Waals surface area contributed by atoms with E-state index in [9.17, 15) is 9.18 Å². The average Bonchev–Trinajstić information content (AvgIpc) is 3.33. The fraction of sp³-hybridized carbons (Fsp3) is 0.474. The van der Waals surface area contributed by atoms with Crippen molar-refractivity contribution in [2.75, 3.05) is 6.54 Å². The standard InChI is InChI=1S/C19H22FN5O2S2/c1-19(2,3)27-18(26)24-9-5-8-14(24)15-21-22-16-25(15)23-17(29-16)28-11-12-6-4-7-13(20)10-12/h4,6-7,10,14H,5,8-9,11H2,1-3H3. The van der Waals surface area contributed by atoms with Gasteiger partial charge in [-0.1, -0.05) is 35.2 Å². The Labute approximate surface area is 176 Å². The van der Waals surface area contributed by atoms with Gasteiger partial charge >= 0.3 is 6.09 Å². The van der Waals surface area contributed by atoms with Crippen molar-refractivity contribution in [2.24, 2.45) is 0 Å². The number of aromatic nitrogens is 4. The van der Waals surface area contributed by atoms with Gasteiger partial charge in [0.15, 0.2) is 10.2 Å². The zero-order chi connectivity index (χ0) is 20.6. The molecule has 1 atom stereocenters. The van der Waals surface area contributed by atoms with Gasteiger partial charge in [0.1, 0.15) is 11.4 Å². The number of nitrogens with zero attached hydrogens (tertiary/aromatic N) is 5. The number of likely N-dealkylation sites (tertiary alicyclic amines) is 1. The maximum Gasteiger partial charge on any atom is 0.410 e. The third-order valence-electron chi connectivity index (χ3n) is 4.43. The summed E-state index contributed by atoms with van der Waals surface area (Å²) in [5.41, 5.74) is 0.347. The molecule has 0 radical (unpaired) electrons. The van der Waals surface area contributed by atoms with Crippen molar-refractivity contribution in [1.29, 1.82) is 0 Å². The van der Waals surface area contributed by atoms with Crippen LogP contribution >= 0.6 is 23.1 Å². The summed E-state index contributed by atoms with van der Waals surface area (Å²) < 4.78 is 21.4. The molecule has 1 saturated heterocycles. The highest BCUT2D eigenvalue weighted by molar-refractivity contribution is 8.00. The molecule has 154 valence electrons. The summed E-state index contributed by atoms with van der Waals surface area (Å²) in [5, 5.41) is 13.2. The molecule has 1 amide bonds. The smallest absolute Gasteiger partial charge is 0.410 e. The van der Waals surface area contributed by atoms with Crippen LogP contribution in [0.2, 0.25) is 0 Å². The van der Waals surface area contributed by atoms with Gasteiger partial charge in [-0.15, -0.1) is 15.3 Å². The maximum atomic E-state index is 13.4. The fourth-order valence-corrected chi connectivity index (χ4v) is 5.05. The molecule has 0 saturated carbocycles. The number of halogens is 1. The van der Waals surface area contributed by atoms with Crippen molar-refractivity contribution in [2.45, 2.75) is 55.3 Å². The molecule has 1 aliphatic rings. The van der Waals surface area contributed by atoms with E-state index in [1.165, 1.54) is 35.2 Å². The molecule has 2 aromatic heterocycles. The Morgan fingerprint density at radius 1 is 1.38 bits per heavy atom. The molecule has 0 bridgehead atoms. The van der Waals surface area contributed by atoms with Crippen molar-refractivity contribution in [3.8, 4) is 0 Å². The third kappa shape index (κ3) is 4.53. The first-order valence-electron chi connectivity index (χ1n) is 9.39. The Bertz CT molecular complexity index is 1030. The summed E-state index contributed by atoms with van der Waals surface area (Å²) in [6.45, 7) is 6.19. The Balaban J connectivity index is 1.51. The van der Waals surface area contributed by atoms with Crippen LogP contribution in [-0.2, 0) is 10.5 Å². The highest BCUT2D eigenvalue weighted by Crippen LogP contribution is 2.34. The average molecular weight is 436 g/mol. The van der Waals surface area contributed by atoms with Crippen molar-refractivity contribution < 1.29 is 13.9 Å². The molecule has 1 aromatic carbocycles. The lowest BCUT2D eigenvalue weighted by Crippen LogP contribution is -2.37. The highest BCUT2D eigenvalue weighted by atomic mass is 32.2. The Morgan fingerprint density at radius 3 is 2.97 bits per heavy atom. The molecule has 0 aliphatic carbocycles. The van der Waals surface area contributed by atoms with Crippen LogP contribution in [-0.4, -0.2) is 43.0 Å². The van der Waals surface area contributed by atoms with Gasteiger partial charge in [-0.25, -0.2) is 9.18 Å². The number of carbonyl (C=O) groups excluding carboxylic acids is 1. The van der Waals surface area contributed by atoms with E-state index in [1.54, 1.807) is 15.5 Å². The zero-order valence-corrected chi connectivity index (χ0v) is 18.1. The summed E-state index contributed by atoms with van der Waals surface area (Å²) >= 11 is 2.96. The van der Waals surface area contributed by atoms with E-state index in [0.717, 1.165) is 22.7 Å². The number of rotatable bonds is 4. The summed E-state index contributed by atoms with van der Waals surface area (Å²) in [6.07, 6.45) is 1.33. The quantitative estimate of drug-likeness (QED) is 0.554. The van der Waals surface area contributed by atoms with Gasteiger partial charge in [-0.05, 0) is 51.3 Å². The molecule has 1 unspecified atom stereocenters. The van der Waals surface area contributed by atoms with E-state index in [-0.39, 0.29) is 18.0 Å². The normalized spacial score (nSPS) is 17.2. The van der Waals surface area contributed by atoms with Crippen molar-refractivity contribution in [3.05, 3.63) is 41.5 Å². The molecule has 0 N–H and O–H groups in total. The molecule has 7 nitrogen and oxygen atoms in total. The number of ether oxygens (including phenoxy) is 1. The fourth-order valence-electron chi connectivity index (χ4n) is 3.23. The molecule has 1 aliphatic heterocycles. The summed E-state index contributed by atoms with van der Waals surface area (Å²) in [4.78, 5) is 15.0. The van der Waals surface area contributed by atoms with Crippen molar-refractivity contribution in [1.82, 2.24) is 24.7 Å². The number of carbonyl (C=O) groups is 1. The minimum absolute atomic E-state index is 0.206. The topological polar surface area (TPSA) is 72.6 Å². The molecule has 4 rings (SSSR count). The van der Waals surface area contributed by atoms with E-state index in [0.29, 0.717) is 23.1 Å². The summed E-state index contributed by atoms with van der Waals surface area (Å²) in [6, 6.07) is 6.34. The number of hydrogen-bond donors (Lipinski definition) is 0. The van der Waals surface area contributed by atoms with E-state index in [1.807, 2.05) is 26.8 Å². The predicted molar refractivity (Wildman–Crippen MR) is 110 cm³/mol. The lowest BCUT2D eigenvalue weighted by atomic mass is 10.2. The van der Waals surface area contributed by atoms with E-state index >= 15 is 0 Å². The van der Waals surface area contributed by atoms with Crippen molar-refractivity contribution in [3.63, 3.8) is 0 Å². The van der Waals surface area contributed by atoms with Gasteiger partial charge in [0, 0.05) is 12.3 Å². The second-order valence-electron chi connectivity index (χ2n) is 7.87. The monoisotopic (exact) mass is 435 g/mol. The van der Waals surface area contributed by atoms with Gasteiger partial charge < -0.3 is 4.74 Å². The van der Waals surface area contributed by atoms with Crippen LogP contribution in [0.5, 0.6) is 0 Å². The van der Waals surface area contributed by atoms with Gasteiger partial charge in [0.25, 0.3) is 0 Å². The van der Waals surface area contributed by atoms with Gasteiger partial charge in [-0.3, -0.25) is 4.90 Å². The van der Waals surface area contributed by atoms with Crippen LogP contribution in [0, 0.1) is 5.82 Å². The highest BCUT2D eigenvalue weighted by Gasteiger charge is 2.36. The van der Waals surface area contributed by atoms with Crippen LogP contribution in [0.4, 0.5) is 9.18 Å². The molecule has 10 heteroatoms. The largest absolute Gasteiger partial charge is 0.444 e. The molecule has 0 spiro atoms. The molecule has 3 aromatic rings. The van der Waals surface area contributed by atoms with Crippen molar-refractivity contribution >= 4 is 34.2 Å². The number of hydrogen-bond acceptors (Lipinski definition) is 7. The Morgan fingerprint density at radius 2 is 2.21 bits per heavy atom. The van der Waals surface area contributed by atoms with Crippen LogP contribution < -0.4 is 0 Å². The van der Waals surface area contributed by atoms with Gasteiger partial charge in [0.2, 0.25) is 4.96 Å². The summed E-state index contributed by atoms with van der Waals surface area (Å²) in [5.74, 6) is 1.02. The predicted octanol–water partition coefficient (Wildman–Crippen LogP) is 4.69. The molecule has 3 heterocycles. The van der Waals surface area contributed by atoms with Crippen LogP contribution in [0.3, 0.4) is 0 Å². The second-order valence-corrected chi connectivity index (χ2v) is 10.0. The van der Waals surface area contributed by atoms with E-state index in [2.05, 4.69) is 15.3 Å². The van der Waals surface area contributed by atoms with Gasteiger partial charge in [0.05, 0.1) is 6.04 Å². The van der Waals surface area contributed by atoms with E-state index in [4.69, 9.17) is 4.74 Å².